The second-order valence-corrected chi connectivity index (χ2v) is 4.67. The zero-order valence-electron chi connectivity index (χ0n) is 11.5. The van der Waals surface area contributed by atoms with Gasteiger partial charge in [0.15, 0.2) is 0 Å². The van der Waals surface area contributed by atoms with Gasteiger partial charge in [0, 0.05) is 17.1 Å². The molecule has 0 saturated heterocycles. The Hall–Kier alpha value is -3.05. The maximum atomic E-state index is 9.12. The molecule has 0 aliphatic carbocycles. The van der Waals surface area contributed by atoms with Gasteiger partial charge in [-0.2, -0.15) is 5.26 Å². The molecule has 3 aromatic rings. The molecule has 0 aromatic heterocycles. The third-order valence-electron chi connectivity index (χ3n) is 3.26. The predicted octanol–water partition coefficient (Wildman–Crippen LogP) is 5.03. The monoisotopic (exact) mass is 270 g/mol. The summed E-state index contributed by atoms with van der Waals surface area (Å²) < 4.78 is 0. The van der Waals surface area contributed by atoms with Gasteiger partial charge in [0.1, 0.15) is 0 Å². The van der Waals surface area contributed by atoms with Crippen LogP contribution in [0.2, 0.25) is 0 Å². The number of para-hydroxylation sites is 2. The molecule has 100 valence electrons. The van der Waals surface area contributed by atoms with Crippen LogP contribution in [0.1, 0.15) is 5.56 Å². The summed E-state index contributed by atoms with van der Waals surface area (Å²) in [5.74, 6) is 0. The van der Waals surface area contributed by atoms with E-state index >= 15 is 0 Å². The summed E-state index contributed by atoms with van der Waals surface area (Å²) in [7, 11) is 0. The van der Waals surface area contributed by atoms with Crippen LogP contribution in [-0.4, -0.2) is 0 Å². The molecule has 0 fully saturated rings. The van der Waals surface area contributed by atoms with E-state index in [1.54, 1.807) is 0 Å². The van der Waals surface area contributed by atoms with Crippen molar-refractivity contribution < 1.29 is 0 Å². The van der Waals surface area contributed by atoms with Crippen LogP contribution >= 0.6 is 0 Å². The number of hydrogen-bond acceptors (Lipinski definition) is 2. The van der Waals surface area contributed by atoms with Gasteiger partial charge >= 0.3 is 0 Å². The third-order valence-corrected chi connectivity index (χ3v) is 3.26. The Balaban J connectivity index is 2.15. The molecule has 0 N–H and O–H groups in total. The van der Waals surface area contributed by atoms with E-state index in [-0.39, 0.29) is 0 Å². The molecule has 0 atom stereocenters. The molecule has 0 amide bonds. The summed E-state index contributed by atoms with van der Waals surface area (Å²) in [6, 6.07) is 30.1. The third kappa shape index (κ3) is 2.77. The fourth-order valence-corrected chi connectivity index (χ4v) is 2.32. The van der Waals surface area contributed by atoms with Crippen molar-refractivity contribution in [3.8, 4) is 6.07 Å². The van der Waals surface area contributed by atoms with E-state index in [4.69, 9.17) is 5.26 Å². The molecule has 0 spiro atoms. The minimum absolute atomic E-state index is 0.657. The minimum atomic E-state index is 0.657. The van der Waals surface area contributed by atoms with Crippen molar-refractivity contribution in [2.75, 3.05) is 4.90 Å². The van der Waals surface area contributed by atoms with Gasteiger partial charge in [-0.25, -0.2) is 0 Å². The first-order chi connectivity index (χ1) is 10.4. The van der Waals surface area contributed by atoms with Gasteiger partial charge in [0.25, 0.3) is 0 Å². The quantitative estimate of drug-likeness (QED) is 0.667. The lowest BCUT2D eigenvalue weighted by Crippen LogP contribution is -2.09. The van der Waals surface area contributed by atoms with Gasteiger partial charge in [-0.1, -0.05) is 42.5 Å². The summed E-state index contributed by atoms with van der Waals surface area (Å²) in [5.41, 5.74) is 3.77. The van der Waals surface area contributed by atoms with Crippen LogP contribution in [0.4, 0.5) is 17.1 Å². The van der Waals surface area contributed by atoms with Crippen molar-refractivity contribution in [1.29, 1.82) is 5.26 Å². The van der Waals surface area contributed by atoms with Crippen LogP contribution in [0.3, 0.4) is 0 Å². The summed E-state index contributed by atoms with van der Waals surface area (Å²) in [4.78, 5) is 2.14. The Morgan fingerprint density at radius 1 is 0.619 bits per heavy atom. The highest BCUT2D eigenvalue weighted by Gasteiger charge is 2.11. The van der Waals surface area contributed by atoms with Crippen LogP contribution < -0.4 is 4.90 Å². The first kappa shape index (κ1) is 13.0. The SMILES string of the molecule is N#Cc1cccc(N(c2ccccc2)c2ccccc2)c1. The summed E-state index contributed by atoms with van der Waals surface area (Å²) in [5, 5.41) is 9.12. The van der Waals surface area contributed by atoms with E-state index < -0.39 is 0 Å². The van der Waals surface area contributed by atoms with Gasteiger partial charge in [-0.05, 0) is 42.5 Å². The molecule has 3 aromatic carbocycles. The van der Waals surface area contributed by atoms with Gasteiger partial charge < -0.3 is 4.90 Å². The molecule has 0 saturated carbocycles. The number of hydrogen-bond donors (Lipinski definition) is 0. The molecule has 0 radical (unpaired) electrons. The number of rotatable bonds is 3. The largest absolute Gasteiger partial charge is 0.310 e. The number of benzene rings is 3. The predicted molar refractivity (Wildman–Crippen MR) is 85.8 cm³/mol. The van der Waals surface area contributed by atoms with E-state index in [2.05, 4.69) is 35.2 Å². The Morgan fingerprint density at radius 3 is 1.67 bits per heavy atom. The Morgan fingerprint density at radius 2 is 1.14 bits per heavy atom. The zero-order valence-corrected chi connectivity index (χ0v) is 11.5. The summed E-state index contributed by atoms with van der Waals surface area (Å²) in [6.45, 7) is 0. The van der Waals surface area contributed by atoms with Crippen molar-refractivity contribution in [2.24, 2.45) is 0 Å². The lowest BCUT2D eigenvalue weighted by molar-refractivity contribution is 1.28. The van der Waals surface area contributed by atoms with Crippen LogP contribution in [0.15, 0.2) is 84.9 Å². The second-order valence-electron chi connectivity index (χ2n) is 4.67. The van der Waals surface area contributed by atoms with Gasteiger partial charge in [-0.15, -0.1) is 0 Å². The number of anilines is 3. The van der Waals surface area contributed by atoms with Crippen LogP contribution in [-0.2, 0) is 0 Å². The van der Waals surface area contributed by atoms with Gasteiger partial charge in [0.05, 0.1) is 11.6 Å². The summed E-state index contributed by atoms with van der Waals surface area (Å²) in [6.07, 6.45) is 0. The Kier molecular flexibility index (Phi) is 3.66. The molecule has 21 heavy (non-hydrogen) atoms. The van der Waals surface area contributed by atoms with Crippen LogP contribution in [0.25, 0.3) is 0 Å². The molecular weight excluding hydrogens is 256 g/mol. The van der Waals surface area contributed by atoms with Crippen molar-refractivity contribution >= 4 is 17.1 Å². The average Bonchev–Trinajstić information content (AvgIpc) is 2.57. The normalized spacial score (nSPS) is 9.86. The van der Waals surface area contributed by atoms with E-state index in [1.165, 1.54) is 0 Å². The molecule has 2 heteroatoms. The average molecular weight is 270 g/mol. The van der Waals surface area contributed by atoms with Gasteiger partial charge in [0.2, 0.25) is 0 Å². The molecule has 0 aliphatic rings. The molecular formula is C19H14N2. The lowest BCUT2D eigenvalue weighted by atomic mass is 10.1. The maximum Gasteiger partial charge on any atom is 0.0992 e. The summed E-state index contributed by atoms with van der Waals surface area (Å²) >= 11 is 0. The van der Waals surface area contributed by atoms with Crippen LogP contribution in [0.5, 0.6) is 0 Å². The minimum Gasteiger partial charge on any atom is -0.310 e. The molecule has 2 nitrogen and oxygen atoms in total. The molecule has 3 rings (SSSR count). The van der Waals surface area contributed by atoms with Gasteiger partial charge in [-0.3, -0.25) is 0 Å². The van der Waals surface area contributed by atoms with Crippen LogP contribution in [0, 0.1) is 11.3 Å². The van der Waals surface area contributed by atoms with E-state index in [9.17, 15) is 0 Å². The topological polar surface area (TPSA) is 27.0 Å². The highest BCUT2D eigenvalue weighted by Crippen LogP contribution is 2.34. The Labute approximate surface area is 124 Å². The molecule has 0 bridgehead atoms. The number of nitriles is 1. The highest BCUT2D eigenvalue weighted by atomic mass is 15.1. The van der Waals surface area contributed by atoms with Crippen molar-refractivity contribution in [3.63, 3.8) is 0 Å². The van der Waals surface area contributed by atoms with Crippen molar-refractivity contribution in [1.82, 2.24) is 0 Å². The second kappa shape index (κ2) is 5.94. The smallest absolute Gasteiger partial charge is 0.0992 e. The van der Waals surface area contributed by atoms with E-state index in [0.29, 0.717) is 5.56 Å². The zero-order chi connectivity index (χ0) is 14.5. The van der Waals surface area contributed by atoms with E-state index in [1.807, 2.05) is 60.7 Å². The fraction of sp³-hybridized carbons (Fsp3) is 0. The standard InChI is InChI=1S/C19H14N2/c20-15-16-8-7-13-19(14-16)21(17-9-3-1-4-10-17)18-11-5-2-6-12-18/h1-14H. The fourth-order valence-electron chi connectivity index (χ4n) is 2.32. The van der Waals surface area contributed by atoms with Crippen molar-refractivity contribution in [3.05, 3.63) is 90.5 Å². The Bertz CT molecular complexity index is 719. The van der Waals surface area contributed by atoms with E-state index in [0.717, 1.165) is 17.1 Å². The first-order valence-corrected chi connectivity index (χ1v) is 6.79. The molecule has 0 heterocycles. The number of nitrogens with zero attached hydrogens (tertiary/aromatic N) is 2. The lowest BCUT2D eigenvalue weighted by Gasteiger charge is -2.25. The first-order valence-electron chi connectivity index (χ1n) is 6.79. The highest BCUT2D eigenvalue weighted by molar-refractivity contribution is 5.76. The maximum absolute atomic E-state index is 9.12. The van der Waals surface area contributed by atoms with Crippen molar-refractivity contribution in [2.45, 2.75) is 0 Å². The molecule has 0 unspecified atom stereocenters. The molecule has 0 aliphatic heterocycles.